The first-order valence-corrected chi connectivity index (χ1v) is 6.43. The third kappa shape index (κ3) is 3.44. The number of carboxylic acid groups (broad SMARTS) is 1. The molecule has 0 saturated carbocycles. The van der Waals surface area contributed by atoms with Gasteiger partial charge in [-0.25, -0.2) is 25.9 Å². The molecule has 0 aliphatic heterocycles. The lowest BCUT2D eigenvalue weighted by molar-refractivity contribution is -0.137. The molecule has 0 aromatic heterocycles. The number of benzene rings is 1. The van der Waals surface area contributed by atoms with Crippen molar-refractivity contribution in [3.05, 3.63) is 29.6 Å². The summed E-state index contributed by atoms with van der Waals surface area (Å²) in [6.07, 6.45) is -0.499. The molecule has 106 valence electrons. The van der Waals surface area contributed by atoms with Crippen molar-refractivity contribution in [2.75, 3.05) is 13.6 Å². The van der Waals surface area contributed by atoms with E-state index in [0.29, 0.717) is 4.31 Å². The molecule has 0 atom stereocenters. The Morgan fingerprint density at radius 2 is 1.74 bits per heavy atom. The van der Waals surface area contributed by atoms with Crippen molar-refractivity contribution in [3.63, 3.8) is 0 Å². The van der Waals surface area contributed by atoms with Gasteiger partial charge in [0.2, 0.25) is 10.0 Å². The summed E-state index contributed by atoms with van der Waals surface area (Å²) in [7, 11) is -3.40. The molecule has 0 heterocycles. The van der Waals surface area contributed by atoms with Crippen LogP contribution in [0.3, 0.4) is 0 Å². The van der Waals surface area contributed by atoms with Crippen LogP contribution >= 0.6 is 0 Å². The minimum Gasteiger partial charge on any atom is -0.481 e. The maximum atomic E-state index is 13.4. The van der Waals surface area contributed by atoms with Crippen LogP contribution in [-0.4, -0.2) is 37.4 Å². The van der Waals surface area contributed by atoms with Crippen LogP contribution in [0.1, 0.15) is 6.42 Å². The van der Waals surface area contributed by atoms with E-state index in [-0.39, 0.29) is 12.1 Å². The molecule has 0 aliphatic rings. The number of carboxylic acids is 1. The minimum atomic E-state index is -4.42. The molecule has 1 aromatic carbocycles. The molecule has 1 aromatic rings. The lowest BCUT2D eigenvalue weighted by atomic mass is 10.3. The van der Waals surface area contributed by atoms with Crippen molar-refractivity contribution < 1.29 is 31.5 Å². The van der Waals surface area contributed by atoms with Crippen LogP contribution in [0.5, 0.6) is 0 Å². The molecule has 9 heteroatoms. The Bertz CT molecular complexity index is 603. The normalized spacial score (nSPS) is 11.8. The second kappa shape index (κ2) is 5.57. The fourth-order valence-corrected chi connectivity index (χ4v) is 2.47. The summed E-state index contributed by atoms with van der Waals surface area (Å²) in [6, 6.07) is 0.338. The van der Waals surface area contributed by atoms with Crippen molar-refractivity contribution in [2.45, 2.75) is 11.3 Å². The lowest BCUT2D eigenvalue weighted by Gasteiger charge is -2.16. The highest BCUT2D eigenvalue weighted by Gasteiger charge is 2.26. The summed E-state index contributed by atoms with van der Waals surface area (Å²) in [5.74, 6) is -5.70. The molecule has 0 spiro atoms. The van der Waals surface area contributed by atoms with E-state index < -0.39 is 51.3 Å². The van der Waals surface area contributed by atoms with Crippen LogP contribution in [0.2, 0.25) is 0 Å². The van der Waals surface area contributed by atoms with Crippen LogP contribution in [0.4, 0.5) is 13.2 Å². The number of halogens is 3. The van der Waals surface area contributed by atoms with Gasteiger partial charge in [-0.1, -0.05) is 0 Å². The Balaban J connectivity index is 3.13. The molecule has 0 saturated heterocycles. The summed E-state index contributed by atoms with van der Waals surface area (Å²) < 4.78 is 63.2. The fraction of sp³-hybridized carbons (Fsp3) is 0.300. The zero-order chi connectivity index (χ0) is 14.8. The van der Waals surface area contributed by atoms with Crippen LogP contribution < -0.4 is 0 Å². The maximum Gasteiger partial charge on any atom is 0.304 e. The van der Waals surface area contributed by atoms with Gasteiger partial charge in [-0.2, -0.15) is 0 Å². The van der Waals surface area contributed by atoms with E-state index in [0.717, 1.165) is 7.05 Å². The Morgan fingerprint density at radius 1 is 1.21 bits per heavy atom. The molecule has 0 amide bonds. The first kappa shape index (κ1) is 15.4. The Labute approximate surface area is 107 Å². The van der Waals surface area contributed by atoms with Crippen molar-refractivity contribution >= 4 is 16.0 Å². The molecule has 1 N–H and O–H groups in total. The zero-order valence-corrected chi connectivity index (χ0v) is 10.5. The summed E-state index contributed by atoms with van der Waals surface area (Å²) in [6.45, 7) is -0.421. The van der Waals surface area contributed by atoms with E-state index in [4.69, 9.17) is 5.11 Å². The quantitative estimate of drug-likeness (QED) is 0.829. The van der Waals surface area contributed by atoms with Crippen LogP contribution in [0.25, 0.3) is 0 Å². The molecule has 0 radical (unpaired) electrons. The van der Waals surface area contributed by atoms with Gasteiger partial charge in [-0.15, -0.1) is 0 Å². The third-order valence-electron chi connectivity index (χ3n) is 2.30. The second-order valence-corrected chi connectivity index (χ2v) is 5.68. The number of nitrogens with zero attached hydrogens (tertiary/aromatic N) is 1. The van der Waals surface area contributed by atoms with Gasteiger partial charge < -0.3 is 5.11 Å². The molecule has 1 rings (SSSR count). The molecule has 0 bridgehead atoms. The number of sulfonamides is 1. The van der Waals surface area contributed by atoms with E-state index in [1.54, 1.807) is 0 Å². The minimum absolute atomic E-state index is 0.118. The lowest BCUT2D eigenvalue weighted by Crippen LogP contribution is -2.30. The number of carbonyl (C=O) groups is 1. The first-order chi connectivity index (χ1) is 8.66. The largest absolute Gasteiger partial charge is 0.481 e. The number of hydrogen-bond acceptors (Lipinski definition) is 3. The van der Waals surface area contributed by atoms with Crippen molar-refractivity contribution in [1.82, 2.24) is 4.31 Å². The van der Waals surface area contributed by atoms with Crippen molar-refractivity contribution in [1.29, 1.82) is 0 Å². The molecule has 0 fully saturated rings. The van der Waals surface area contributed by atoms with Gasteiger partial charge >= 0.3 is 5.97 Å². The molecule has 5 nitrogen and oxygen atoms in total. The van der Waals surface area contributed by atoms with E-state index in [2.05, 4.69) is 0 Å². The van der Waals surface area contributed by atoms with Gasteiger partial charge in [0.25, 0.3) is 0 Å². The molecule has 19 heavy (non-hydrogen) atoms. The second-order valence-electron chi connectivity index (χ2n) is 3.67. The van der Waals surface area contributed by atoms with Gasteiger partial charge in [0.05, 0.1) is 6.42 Å². The molecule has 0 aliphatic carbocycles. The Hall–Kier alpha value is -1.61. The first-order valence-electron chi connectivity index (χ1n) is 4.99. The predicted molar refractivity (Wildman–Crippen MR) is 58.4 cm³/mol. The SMILES string of the molecule is CN(CCC(=O)O)S(=O)(=O)c1cc(F)c(F)cc1F. The Morgan fingerprint density at radius 3 is 2.26 bits per heavy atom. The highest BCUT2D eigenvalue weighted by atomic mass is 32.2. The maximum absolute atomic E-state index is 13.4. The zero-order valence-electron chi connectivity index (χ0n) is 9.73. The van der Waals surface area contributed by atoms with Crippen LogP contribution in [0.15, 0.2) is 17.0 Å². The molecular weight excluding hydrogens is 287 g/mol. The summed E-state index contributed by atoms with van der Waals surface area (Å²) >= 11 is 0. The van der Waals surface area contributed by atoms with Gasteiger partial charge in [0, 0.05) is 19.7 Å². The van der Waals surface area contributed by atoms with E-state index in [1.807, 2.05) is 0 Å². The van der Waals surface area contributed by atoms with E-state index >= 15 is 0 Å². The number of rotatable bonds is 5. The molecular formula is C10H10F3NO4S. The van der Waals surface area contributed by atoms with Gasteiger partial charge in [0.1, 0.15) is 10.7 Å². The van der Waals surface area contributed by atoms with E-state index in [9.17, 15) is 26.4 Å². The highest BCUT2D eigenvalue weighted by Crippen LogP contribution is 2.21. The van der Waals surface area contributed by atoms with Crippen molar-refractivity contribution in [3.8, 4) is 0 Å². The van der Waals surface area contributed by atoms with Crippen molar-refractivity contribution in [2.24, 2.45) is 0 Å². The number of hydrogen-bond donors (Lipinski definition) is 1. The monoisotopic (exact) mass is 297 g/mol. The van der Waals surface area contributed by atoms with Gasteiger partial charge in [-0.3, -0.25) is 4.79 Å². The summed E-state index contributed by atoms with van der Waals surface area (Å²) in [5, 5.41) is 8.43. The molecule has 0 unspecified atom stereocenters. The van der Waals surface area contributed by atoms with E-state index in [1.165, 1.54) is 0 Å². The average Bonchev–Trinajstić information content (AvgIpc) is 2.30. The summed E-state index contributed by atoms with van der Waals surface area (Å²) in [4.78, 5) is 9.29. The van der Waals surface area contributed by atoms with Gasteiger partial charge in [0.15, 0.2) is 11.6 Å². The van der Waals surface area contributed by atoms with Crippen LogP contribution in [-0.2, 0) is 14.8 Å². The van der Waals surface area contributed by atoms with Crippen LogP contribution in [0, 0.1) is 17.5 Å². The smallest absolute Gasteiger partial charge is 0.304 e. The third-order valence-corrected chi connectivity index (χ3v) is 4.18. The predicted octanol–water partition coefficient (Wildman–Crippen LogP) is 1.20. The average molecular weight is 297 g/mol. The Kier molecular flexibility index (Phi) is 4.53. The van der Waals surface area contributed by atoms with Gasteiger partial charge in [-0.05, 0) is 6.07 Å². The standard InChI is InChI=1S/C10H10F3NO4S/c1-14(3-2-10(15)16)19(17,18)9-5-7(12)6(11)4-8(9)13/h4-5H,2-3H2,1H3,(H,15,16). The fourth-order valence-electron chi connectivity index (χ4n) is 1.24. The topological polar surface area (TPSA) is 74.7 Å². The summed E-state index contributed by atoms with van der Waals surface area (Å²) in [5.41, 5.74) is 0. The highest BCUT2D eigenvalue weighted by molar-refractivity contribution is 7.89. The number of aliphatic carboxylic acids is 1.